The van der Waals surface area contributed by atoms with E-state index in [0.29, 0.717) is 31.4 Å². The molecule has 0 radical (unpaired) electrons. The van der Waals surface area contributed by atoms with Crippen molar-refractivity contribution >= 4 is 28.9 Å². The first-order valence-corrected chi connectivity index (χ1v) is 10.7. The van der Waals surface area contributed by atoms with Gasteiger partial charge in [-0.25, -0.2) is 0 Å². The molecule has 30 heavy (non-hydrogen) atoms. The Kier molecular flexibility index (Phi) is 5.88. The number of rotatable bonds is 3. The molecule has 2 aromatic rings. The average Bonchev–Trinajstić information content (AvgIpc) is 2.76. The number of carbonyl (C=O) groups is 1. The van der Waals surface area contributed by atoms with Crippen LogP contribution in [0.3, 0.4) is 0 Å². The van der Waals surface area contributed by atoms with Crippen LogP contribution in [0, 0.1) is 13.8 Å². The normalized spacial score (nSPS) is 19.7. The average molecular weight is 422 g/mol. The fourth-order valence-electron chi connectivity index (χ4n) is 4.10. The van der Waals surface area contributed by atoms with Crippen LogP contribution in [0.5, 0.6) is 0 Å². The van der Waals surface area contributed by atoms with E-state index < -0.39 is 0 Å². The number of nitrogens with zero attached hydrogens (tertiary/aromatic N) is 2. The lowest BCUT2D eigenvalue weighted by molar-refractivity contribution is -0.131. The van der Waals surface area contributed by atoms with Crippen LogP contribution >= 0.6 is 12.2 Å². The fourth-order valence-corrected chi connectivity index (χ4v) is 4.46. The van der Waals surface area contributed by atoms with E-state index in [-0.39, 0.29) is 11.9 Å². The van der Waals surface area contributed by atoms with E-state index in [4.69, 9.17) is 17.0 Å². The molecule has 1 unspecified atom stereocenters. The lowest BCUT2D eigenvalue weighted by Crippen LogP contribution is -2.51. The molecule has 2 aliphatic heterocycles. The Morgan fingerprint density at radius 3 is 2.47 bits per heavy atom. The Labute approximate surface area is 183 Å². The summed E-state index contributed by atoms with van der Waals surface area (Å²) < 4.78 is 5.46. The van der Waals surface area contributed by atoms with Crippen molar-refractivity contribution in [2.45, 2.75) is 26.8 Å². The smallest absolute Gasteiger partial charge is 0.254 e. The number of ether oxygens (including phenoxy) is 1. The molecule has 156 valence electrons. The molecule has 6 heteroatoms. The van der Waals surface area contributed by atoms with Crippen LogP contribution in [0.4, 0.5) is 5.69 Å². The number of aryl methyl sites for hydroxylation is 2. The molecule has 1 amide bonds. The number of hydrogen-bond acceptors (Lipinski definition) is 3. The van der Waals surface area contributed by atoms with Crippen molar-refractivity contribution in [2.24, 2.45) is 0 Å². The lowest BCUT2D eigenvalue weighted by Gasteiger charge is -2.40. The van der Waals surface area contributed by atoms with Gasteiger partial charge in [0.1, 0.15) is 0 Å². The number of carbonyl (C=O) groups excluding carboxylic acids is 1. The van der Waals surface area contributed by atoms with Crippen molar-refractivity contribution in [1.82, 2.24) is 10.2 Å². The van der Waals surface area contributed by atoms with Gasteiger partial charge in [0, 0.05) is 18.8 Å². The number of allylic oxidation sites excluding steroid dienone is 1. The highest BCUT2D eigenvalue weighted by molar-refractivity contribution is 7.80. The number of nitrogens with one attached hydrogen (secondary N) is 1. The van der Waals surface area contributed by atoms with Crippen LogP contribution in [-0.2, 0) is 9.53 Å². The van der Waals surface area contributed by atoms with E-state index in [0.717, 1.165) is 33.6 Å². The number of thiocarbonyl (C=S) groups is 1. The SMILES string of the molecule is CC1=C(C(=O)N2CCOCC2)C(c2ccccc2)NC(=S)N1c1cc(C)ccc1C. The third kappa shape index (κ3) is 3.85. The van der Waals surface area contributed by atoms with Crippen molar-refractivity contribution in [1.29, 1.82) is 0 Å². The minimum absolute atomic E-state index is 0.0370. The summed E-state index contributed by atoms with van der Waals surface area (Å²) >= 11 is 5.80. The maximum absolute atomic E-state index is 13.7. The maximum atomic E-state index is 13.7. The Hall–Kier alpha value is -2.70. The van der Waals surface area contributed by atoms with Gasteiger partial charge in [0.15, 0.2) is 5.11 Å². The molecular weight excluding hydrogens is 394 g/mol. The van der Waals surface area contributed by atoms with Gasteiger partial charge in [-0.3, -0.25) is 9.69 Å². The van der Waals surface area contributed by atoms with E-state index in [2.05, 4.69) is 37.4 Å². The Morgan fingerprint density at radius 2 is 1.77 bits per heavy atom. The van der Waals surface area contributed by atoms with Crippen molar-refractivity contribution < 1.29 is 9.53 Å². The minimum Gasteiger partial charge on any atom is -0.378 e. The molecule has 1 saturated heterocycles. The minimum atomic E-state index is -0.282. The quantitative estimate of drug-likeness (QED) is 0.763. The predicted molar refractivity (Wildman–Crippen MR) is 123 cm³/mol. The highest BCUT2D eigenvalue weighted by atomic mass is 32.1. The second kappa shape index (κ2) is 8.58. The fraction of sp³-hybridized carbons (Fsp3) is 0.333. The molecule has 0 bridgehead atoms. The molecule has 0 aliphatic carbocycles. The zero-order valence-electron chi connectivity index (χ0n) is 17.6. The Bertz CT molecular complexity index is 997. The number of anilines is 1. The lowest BCUT2D eigenvalue weighted by atomic mass is 9.93. The van der Waals surface area contributed by atoms with Gasteiger partial charge >= 0.3 is 0 Å². The molecular formula is C24H27N3O2S. The monoisotopic (exact) mass is 421 g/mol. The van der Waals surface area contributed by atoms with E-state index >= 15 is 0 Å². The molecule has 0 spiro atoms. The summed E-state index contributed by atoms with van der Waals surface area (Å²) in [4.78, 5) is 17.6. The summed E-state index contributed by atoms with van der Waals surface area (Å²) in [6, 6.07) is 16.0. The molecule has 5 nitrogen and oxygen atoms in total. The summed E-state index contributed by atoms with van der Waals surface area (Å²) in [5.41, 5.74) is 5.90. The first kappa shape index (κ1) is 20.6. The summed E-state index contributed by atoms with van der Waals surface area (Å²) in [7, 11) is 0. The highest BCUT2D eigenvalue weighted by Gasteiger charge is 2.37. The van der Waals surface area contributed by atoms with E-state index in [1.807, 2.05) is 47.1 Å². The van der Waals surface area contributed by atoms with E-state index in [1.165, 1.54) is 0 Å². The van der Waals surface area contributed by atoms with Crippen molar-refractivity contribution in [3.8, 4) is 0 Å². The molecule has 0 saturated carbocycles. The van der Waals surface area contributed by atoms with Crippen LogP contribution in [0.2, 0.25) is 0 Å². The third-order valence-electron chi connectivity index (χ3n) is 5.75. The molecule has 2 aromatic carbocycles. The summed E-state index contributed by atoms with van der Waals surface area (Å²) in [6.07, 6.45) is 0. The summed E-state index contributed by atoms with van der Waals surface area (Å²) in [5, 5.41) is 4.05. The molecule has 2 aliphatic rings. The zero-order chi connectivity index (χ0) is 21.3. The second-order valence-corrected chi connectivity index (χ2v) is 8.21. The highest BCUT2D eigenvalue weighted by Crippen LogP contribution is 2.36. The number of hydrogen-bond donors (Lipinski definition) is 1. The van der Waals surface area contributed by atoms with E-state index in [1.54, 1.807) is 0 Å². The van der Waals surface area contributed by atoms with Crippen LogP contribution in [0.1, 0.15) is 29.7 Å². The molecule has 1 N–H and O–H groups in total. The van der Waals surface area contributed by atoms with Gasteiger partial charge in [-0.05, 0) is 55.7 Å². The van der Waals surface area contributed by atoms with Gasteiger partial charge in [0.2, 0.25) is 0 Å². The Balaban J connectivity index is 1.84. The van der Waals surface area contributed by atoms with Crippen molar-refractivity contribution in [3.63, 3.8) is 0 Å². The molecule has 2 heterocycles. The van der Waals surface area contributed by atoms with E-state index in [9.17, 15) is 4.79 Å². The molecule has 4 rings (SSSR count). The molecule has 0 aromatic heterocycles. The second-order valence-electron chi connectivity index (χ2n) is 7.82. The number of amides is 1. The van der Waals surface area contributed by atoms with Gasteiger partial charge in [0.05, 0.1) is 30.5 Å². The molecule has 1 atom stereocenters. The predicted octanol–water partition coefficient (Wildman–Crippen LogP) is 3.87. The third-order valence-corrected chi connectivity index (χ3v) is 6.05. The molecule has 1 fully saturated rings. The number of morpholine rings is 1. The zero-order valence-corrected chi connectivity index (χ0v) is 18.5. The topological polar surface area (TPSA) is 44.8 Å². The van der Waals surface area contributed by atoms with Crippen LogP contribution < -0.4 is 10.2 Å². The number of benzene rings is 2. The van der Waals surface area contributed by atoms with Crippen LogP contribution in [0.25, 0.3) is 0 Å². The summed E-state index contributed by atoms with van der Waals surface area (Å²) in [5.74, 6) is 0.0370. The Morgan fingerprint density at radius 1 is 1.07 bits per heavy atom. The first-order valence-electron chi connectivity index (χ1n) is 10.3. The largest absolute Gasteiger partial charge is 0.378 e. The maximum Gasteiger partial charge on any atom is 0.254 e. The van der Waals surface area contributed by atoms with Gasteiger partial charge in [-0.1, -0.05) is 42.5 Å². The van der Waals surface area contributed by atoms with Crippen molar-refractivity contribution in [3.05, 3.63) is 76.5 Å². The van der Waals surface area contributed by atoms with Gasteiger partial charge in [0.25, 0.3) is 5.91 Å². The van der Waals surface area contributed by atoms with Gasteiger partial charge < -0.3 is 15.0 Å². The standard InChI is InChI=1S/C24H27N3O2S/c1-16-9-10-17(2)20(15-16)27-18(3)21(23(28)26-11-13-29-14-12-26)22(25-24(27)30)19-7-5-4-6-8-19/h4-10,15,22H,11-14H2,1-3H3,(H,25,30). The van der Waals surface area contributed by atoms with Crippen LogP contribution in [0.15, 0.2) is 59.8 Å². The van der Waals surface area contributed by atoms with Crippen molar-refractivity contribution in [2.75, 3.05) is 31.2 Å². The van der Waals surface area contributed by atoms with Crippen LogP contribution in [-0.4, -0.2) is 42.2 Å². The van der Waals surface area contributed by atoms with Gasteiger partial charge in [-0.2, -0.15) is 0 Å². The summed E-state index contributed by atoms with van der Waals surface area (Å²) in [6.45, 7) is 8.47. The first-order chi connectivity index (χ1) is 14.5. The van der Waals surface area contributed by atoms with Gasteiger partial charge in [-0.15, -0.1) is 0 Å².